The molecule has 0 fully saturated rings. The van der Waals surface area contributed by atoms with Gasteiger partial charge in [-0.25, -0.2) is 0 Å². The van der Waals surface area contributed by atoms with Crippen molar-refractivity contribution in [2.75, 3.05) is 13.1 Å². The van der Waals surface area contributed by atoms with Crippen molar-refractivity contribution in [3.8, 4) is 0 Å². The third-order valence-corrected chi connectivity index (χ3v) is 3.32. The monoisotopic (exact) mass is 362 g/mol. The zero-order valence-electron chi connectivity index (χ0n) is 14.1. The molecule has 10 heteroatoms. The predicted molar refractivity (Wildman–Crippen MR) is 93.7 cm³/mol. The normalized spacial score (nSPS) is 11.1. The summed E-state index contributed by atoms with van der Waals surface area (Å²) < 4.78 is 0. The van der Waals surface area contributed by atoms with E-state index in [-0.39, 0.29) is 18.7 Å². The van der Waals surface area contributed by atoms with E-state index in [4.69, 9.17) is 0 Å². The molecular formula is C16H18N4O6. The van der Waals surface area contributed by atoms with E-state index < -0.39 is 39.1 Å². The molecular weight excluding hydrogens is 344 g/mol. The van der Waals surface area contributed by atoms with Crippen LogP contribution >= 0.6 is 0 Å². The van der Waals surface area contributed by atoms with Crippen LogP contribution in [0.15, 0.2) is 43.5 Å². The number of hydrogen-bond donors (Lipinski definition) is 1. The number of nitro benzene ring substituents is 2. The molecule has 0 saturated carbocycles. The number of carbonyl (C=O) groups is 2. The van der Waals surface area contributed by atoms with Gasteiger partial charge >= 0.3 is 0 Å². The van der Waals surface area contributed by atoms with Crippen LogP contribution in [0.5, 0.6) is 0 Å². The van der Waals surface area contributed by atoms with Crippen molar-refractivity contribution in [2.24, 2.45) is 0 Å². The first-order valence-corrected chi connectivity index (χ1v) is 7.46. The standard InChI is InChI=1S/C16H18N4O6/c1-4-6-18(7-5-2)16(22)11(3)17-15(21)12-8-13(19(23)24)10-14(9-12)20(25)26/h4-5,8-11H,1-2,6-7H2,3H3,(H,17,21)/t11-/m0/s1. The molecule has 0 spiro atoms. The van der Waals surface area contributed by atoms with Gasteiger partial charge in [-0.15, -0.1) is 13.2 Å². The van der Waals surface area contributed by atoms with Crippen LogP contribution < -0.4 is 5.32 Å². The highest BCUT2D eigenvalue weighted by Gasteiger charge is 2.24. The molecule has 26 heavy (non-hydrogen) atoms. The van der Waals surface area contributed by atoms with E-state index in [0.29, 0.717) is 0 Å². The first-order chi connectivity index (χ1) is 12.2. The Morgan fingerprint density at radius 1 is 1.12 bits per heavy atom. The zero-order valence-corrected chi connectivity index (χ0v) is 14.1. The van der Waals surface area contributed by atoms with Crippen LogP contribution in [0.25, 0.3) is 0 Å². The van der Waals surface area contributed by atoms with E-state index >= 15 is 0 Å². The minimum atomic E-state index is -0.958. The molecule has 1 atom stereocenters. The molecule has 0 aliphatic carbocycles. The second kappa shape index (κ2) is 9.06. The van der Waals surface area contributed by atoms with Crippen LogP contribution in [0.1, 0.15) is 17.3 Å². The van der Waals surface area contributed by atoms with Crippen molar-refractivity contribution in [2.45, 2.75) is 13.0 Å². The van der Waals surface area contributed by atoms with Crippen LogP contribution in [0, 0.1) is 20.2 Å². The maximum Gasteiger partial charge on any atom is 0.277 e. The fraction of sp³-hybridized carbons (Fsp3) is 0.250. The predicted octanol–water partition coefficient (Wildman–Crippen LogP) is 1.82. The number of carbonyl (C=O) groups excluding carboxylic acids is 2. The molecule has 0 heterocycles. The summed E-state index contributed by atoms with van der Waals surface area (Å²) in [5.41, 5.74) is -1.48. The molecule has 2 amide bonds. The van der Waals surface area contributed by atoms with Gasteiger partial charge in [0.25, 0.3) is 17.3 Å². The Bertz CT molecular complexity index is 719. The average molecular weight is 362 g/mol. The lowest BCUT2D eigenvalue weighted by Crippen LogP contribution is -2.47. The van der Waals surface area contributed by atoms with Crippen molar-refractivity contribution in [1.29, 1.82) is 0 Å². The Hall–Kier alpha value is -3.56. The molecule has 0 radical (unpaired) electrons. The first kappa shape index (κ1) is 20.5. The summed E-state index contributed by atoms with van der Waals surface area (Å²) in [5, 5.41) is 24.2. The summed E-state index contributed by atoms with van der Waals surface area (Å²) in [6.07, 6.45) is 3.03. The lowest BCUT2D eigenvalue weighted by molar-refractivity contribution is -0.394. The largest absolute Gasteiger partial charge is 0.341 e. The Morgan fingerprint density at radius 2 is 1.58 bits per heavy atom. The van der Waals surface area contributed by atoms with Crippen LogP contribution in [-0.2, 0) is 4.79 Å². The van der Waals surface area contributed by atoms with E-state index in [1.165, 1.54) is 24.0 Å². The van der Waals surface area contributed by atoms with Gasteiger partial charge in [0.2, 0.25) is 5.91 Å². The van der Waals surface area contributed by atoms with E-state index in [9.17, 15) is 29.8 Å². The number of nitro groups is 2. The fourth-order valence-corrected chi connectivity index (χ4v) is 2.12. The summed E-state index contributed by atoms with van der Waals surface area (Å²) in [5.74, 6) is -1.26. The molecule has 1 aromatic carbocycles. The van der Waals surface area contributed by atoms with E-state index in [1.807, 2.05) is 0 Å². The molecule has 0 unspecified atom stereocenters. The van der Waals surface area contributed by atoms with Gasteiger partial charge in [0.1, 0.15) is 6.04 Å². The lowest BCUT2D eigenvalue weighted by Gasteiger charge is -2.23. The summed E-state index contributed by atoms with van der Waals surface area (Å²) in [4.78, 5) is 46.1. The zero-order chi connectivity index (χ0) is 19.9. The molecule has 138 valence electrons. The maximum absolute atomic E-state index is 12.3. The van der Waals surface area contributed by atoms with Crippen molar-refractivity contribution < 1.29 is 19.4 Å². The fourth-order valence-electron chi connectivity index (χ4n) is 2.12. The molecule has 1 aromatic rings. The van der Waals surface area contributed by atoms with Crippen molar-refractivity contribution >= 4 is 23.2 Å². The molecule has 1 N–H and O–H groups in total. The van der Waals surface area contributed by atoms with Gasteiger partial charge in [0, 0.05) is 25.2 Å². The first-order valence-electron chi connectivity index (χ1n) is 7.46. The number of rotatable bonds is 9. The molecule has 0 saturated heterocycles. The van der Waals surface area contributed by atoms with Gasteiger partial charge in [0.15, 0.2) is 0 Å². The maximum atomic E-state index is 12.3. The SMILES string of the molecule is C=CCN(CC=C)C(=O)[C@H](C)NC(=O)c1cc([N+](=O)[O-])cc([N+](=O)[O-])c1. The highest BCUT2D eigenvalue weighted by Crippen LogP contribution is 2.22. The minimum Gasteiger partial charge on any atom is -0.341 e. The van der Waals surface area contributed by atoms with Crippen molar-refractivity contribution in [1.82, 2.24) is 10.2 Å². The number of benzene rings is 1. The second-order valence-electron chi connectivity index (χ2n) is 5.27. The van der Waals surface area contributed by atoms with Crippen LogP contribution in [0.4, 0.5) is 11.4 Å². The summed E-state index contributed by atoms with van der Waals surface area (Å²) >= 11 is 0. The van der Waals surface area contributed by atoms with Gasteiger partial charge in [-0.3, -0.25) is 29.8 Å². The van der Waals surface area contributed by atoms with Gasteiger partial charge in [-0.05, 0) is 6.92 Å². The molecule has 10 nitrogen and oxygen atoms in total. The van der Waals surface area contributed by atoms with Crippen molar-refractivity contribution in [3.63, 3.8) is 0 Å². The number of non-ortho nitro benzene ring substituents is 2. The Balaban J connectivity index is 3.03. The van der Waals surface area contributed by atoms with E-state index in [2.05, 4.69) is 18.5 Å². The Kier molecular flexibility index (Phi) is 7.14. The van der Waals surface area contributed by atoms with Crippen molar-refractivity contribution in [3.05, 3.63) is 69.3 Å². The average Bonchev–Trinajstić information content (AvgIpc) is 2.60. The second-order valence-corrected chi connectivity index (χ2v) is 5.27. The van der Waals surface area contributed by atoms with E-state index in [1.54, 1.807) is 0 Å². The molecule has 0 aliphatic rings. The topological polar surface area (TPSA) is 136 Å². The Labute approximate surface area is 149 Å². The number of amides is 2. The van der Waals surface area contributed by atoms with Gasteiger partial charge < -0.3 is 10.2 Å². The smallest absolute Gasteiger partial charge is 0.277 e. The van der Waals surface area contributed by atoms with Gasteiger partial charge in [-0.1, -0.05) is 12.2 Å². The lowest BCUT2D eigenvalue weighted by atomic mass is 10.1. The Morgan fingerprint density at radius 3 is 1.96 bits per heavy atom. The summed E-state index contributed by atoms with van der Waals surface area (Å²) in [7, 11) is 0. The molecule has 0 bridgehead atoms. The van der Waals surface area contributed by atoms with Crippen LogP contribution in [0.3, 0.4) is 0 Å². The highest BCUT2D eigenvalue weighted by atomic mass is 16.6. The third-order valence-electron chi connectivity index (χ3n) is 3.32. The third kappa shape index (κ3) is 5.23. The summed E-state index contributed by atoms with van der Waals surface area (Å²) in [6.45, 7) is 9.01. The van der Waals surface area contributed by atoms with Gasteiger partial charge in [0.05, 0.1) is 21.5 Å². The molecule has 1 rings (SSSR count). The van der Waals surface area contributed by atoms with E-state index in [0.717, 1.165) is 18.2 Å². The summed E-state index contributed by atoms with van der Waals surface area (Å²) in [6, 6.07) is 1.61. The number of hydrogen-bond acceptors (Lipinski definition) is 6. The minimum absolute atomic E-state index is 0.243. The molecule has 0 aromatic heterocycles. The highest BCUT2D eigenvalue weighted by molar-refractivity contribution is 5.98. The van der Waals surface area contributed by atoms with Gasteiger partial charge in [-0.2, -0.15) is 0 Å². The quantitative estimate of drug-likeness (QED) is 0.404. The van der Waals surface area contributed by atoms with Crippen LogP contribution in [-0.4, -0.2) is 45.7 Å². The molecule has 0 aliphatic heterocycles. The number of nitrogens with zero attached hydrogens (tertiary/aromatic N) is 3. The number of nitrogens with one attached hydrogen (secondary N) is 1. The van der Waals surface area contributed by atoms with Crippen LogP contribution in [0.2, 0.25) is 0 Å².